The molecule has 8 amide bonds. The van der Waals surface area contributed by atoms with Crippen molar-refractivity contribution in [1.82, 2.24) is 40.4 Å². The number of aliphatic hydroxyl groups is 1. The van der Waals surface area contributed by atoms with E-state index in [2.05, 4.69) is 16.0 Å². The lowest BCUT2D eigenvalue weighted by Crippen LogP contribution is -2.66. The summed E-state index contributed by atoms with van der Waals surface area (Å²) >= 11 is 0. The Labute approximate surface area is 468 Å². The average Bonchev–Trinajstić information content (AvgIpc) is 3.42. The van der Waals surface area contributed by atoms with Gasteiger partial charge in [-0.05, 0) is 67.4 Å². The quantitative estimate of drug-likeness (QED) is 0.221. The maximum atomic E-state index is 15.2. The molecule has 0 bridgehead atoms. The number of likely N-dealkylation sites (N-methyl/N-ethyl adjacent to an activating group) is 4. The largest absolute Gasteiger partial charge is 0.450 e. The second-order valence-electron chi connectivity index (χ2n) is 23.5. The fourth-order valence-corrected chi connectivity index (χ4v) is 11.5. The summed E-state index contributed by atoms with van der Waals surface area (Å²) < 4.78 is 6.21. The van der Waals surface area contributed by atoms with Crippen LogP contribution < -0.4 is 16.0 Å². The van der Waals surface area contributed by atoms with E-state index in [-0.39, 0.29) is 38.1 Å². The number of esters is 1. The van der Waals surface area contributed by atoms with Crippen LogP contribution in [0.25, 0.3) is 0 Å². The van der Waals surface area contributed by atoms with Gasteiger partial charge in [0.05, 0.1) is 6.10 Å². The molecule has 19 nitrogen and oxygen atoms in total. The molecule has 4 N–H and O–H groups in total. The van der Waals surface area contributed by atoms with Crippen LogP contribution >= 0.6 is 0 Å². The minimum atomic E-state index is -1.65. The first-order valence-corrected chi connectivity index (χ1v) is 28.6. The molecular formula is C60H90N8O11. The average molecular weight is 1100 g/mol. The summed E-state index contributed by atoms with van der Waals surface area (Å²) in [4.78, 5) is 140. The molecule has 2 aliphatic heterocycles. The van der Waals surface area contributed by atoms with Crippen LogP contribution in [0.3, 0.4) is 0 Å². The Morgan fingerprint density at radius 2 is 1.05 bits per heavy atom. The van der Waals surface area contributed by atoms with E-state index >= 15 is 14.4 Å². The van der Waals surface area contributed by atoms with E-state index in [4.69, 9.17) is 4.74 Å². The molecule has 19 heteroatoms. The number of ether oxygens (including phenoxy) is 1. The number of amides is 8. The van der Waals surface area contributed by atoms with Crippen molar-refractivity contribution in [3.05, 3.63) is 71.8 Å². The van der Waals surface area contributed by atoms with Crippen molar-refractivity contribution in [2.75, 3.05) is 34.7 Å². The van der Waals surface area contributed by atoms with Gasteiger partial charge in [-0.15, -0.1) is 0 Å². The number of nitrogens with one attached hydrogen (secondary N) is 3. The van der Waals surface area contributed by atoms with Crippen molar-refractivity contribution in [3.8, 4) is 0 Å². The number of fused-ring (bicyclic) bond motifs is 1. The van der Waals surface area contributed by atoms with E-state index in [9.17, 15) is 33.9 Å². The van der Waals surface area contributed by atoms with Gasteiger partial charge in [0.1, 0.15) is 42.3 Å². The summed E-state index contributed by atoms with van der Waals surface area (Å²) in [5, 5.41) is 20.1. The van der Waals surface area contributed by atoms with Crippen LogP contribution in [0.2, 0.25) is 0 Å². The Balaban J connectivity index is 1.67. The van der Waals surface area contributed by atoms with E-state index in [0.717, 1.165) is 29.7 Å². The molecule has 1 aliphatic carbocycles. The molecular weight excluding hydrogens is 1010 g/mol. The predicted molar refractivity (Wildman–Crippen MR) is 299 cm³/mol. The molecule has 2 saturated heterocycles. The highest BCUT2D eigenvalue weighted by Crippen LogP contribution is 2.31. The fourth-order valence-electron chi connectivity index (χ4n) is 11.5. The second kappa shape index (κ2) is 28.7. The van der Waals surface area contributed by atoms with E-state index < -0.39 is 137 Å². The number of carbonyl (C=O) groups is 9. The highest BCUT2D eigenvalue weighted by atomic mass is 16.6. The number of hydrogen-bond acceptors (Lipinski definition) is 11. The molecule has 2 aromatic rings. The molecule has 3 aliphatic rings. The molecule has 8 unspecified atom stereocenters. The third-order valence-electron chi connectivity index (χ3n) is 16.3. The van der Waals surface area contributed by atoms with Crippen LogP contribution in [-0.2, 0) is 60.7 Å². The number of benzene rings is 2. The Morgan fingerprint density at radius 3 is 1.53 bits per heavy atom. The van der Waals surface area contributed by atoms with Crippen molar-refractivity contribution >= 4 is 53.2 Å². The summed E-state index contributed by atoms with van der Waals surface area (Å²) in [6, 6.07) is 8.34. The lowest BCUT2D eigenvalue weighted by molar-refractivity contribution is -0.174. The van der Waals surface area contributed by atoms with E-state index in [1.807, 2.05) is 69.3 Å². The summed E-state index contributed by atoms with van der Waals surface area (Å²) in [6.45, 7) is 15.9. The lowest BCUT2D eigenvalue weighted by atomic mass is 9.84. The highest BCUT2D eigenvalue weighted by Gasteiger charge is 2.47. The van der Waals surface area contributed by atoms with Crippen LogP contribution in [0.5, 0.6) is 0 Å². The molecule has 0 aromatic heterocycles. The minimum absolute atomic E-state index is 0.00475. The lowest BCUT2D eigenvalue weighted by Gasteiger charge is -2.44. The van der Waals surface area contributed by atoms with Crippen LogP contribution in [0.15, 0.2) is 60.7 Å². The Bertz CT molecular complexity index is 2430. The van der Waals surface area contributed by atoms with Crippen molar-refractivity contribution < 1.29 is 53.0 Å². The number of rotatable bonds is 12. The predicted octanol–water partition coefficient (Wildman–Crippen LogP) is 4.13. The Morgan fingerprint density at radius 1 is 0.557 bits per heavy atom. The number of carbonyl (C=O) groups excluding carboxylic acids is 9. The van der Waals surface area contributed by atoms with Gasteiger partial charge in [-0.2, -0.15) is 0 Å². The van der Waals surface area contributed by atoms with Gasteiger partial charge in [0.2, 0.25) is 41.4 Å². The van der Waals surface area contributed by atoms with Gasteiger partial charge in [-0.3, -0.25) is 38.4 Å². The van der Waals surface area contributed by atoms with Gasteiger partial charge >= 0.3 is 5.97 Å². The number of aliphatic hydroxyl groups excluding tert-OH is 1. The highest BCUT2D eigenvalue weighted by molar-refractivity contribution is 5.99. The van der Waals surface area contributed by atoms with Gasteiger partial charge in [-0.25, -0.2) is 4.79 Å². The van der Waals surface area contributed by atoms with Gasteiger partial charge < -0.3 is 50.3 Å². The normalized spacial score (nSPS) is 27.5. The second-order valence-corrected chi connectivity index (χ2v) is 23.5. The summed E-state index contributed by atoms with van der Waals surface area (Å²) in [6.07, 6.45) is 1.34. The van der Waals surface area contributed by atoms with E-state index in [0.29, 0.717) is 24.8 Å². The van der Waals surface area contributed by atoms with Crippen molar-refractivity contribution in [2.24, 2.45) is 29.6 Å². The Kier molecular flexibility index (Phi) is 23.0. The fraction of sp³-hybridized carbons (Fsp3) is 0.650. The molecule has 79 heavy (non-hydrogen) atoms. The SMILES string of the molecule is CCC(C)[C@@H]1NC(=O)C2CCN2C(=O)C(Cc2ccccc2)N(C)C(=O)C(Cc2ccccc2)NC(=O)[C@H](C(C)C)N(C)C(=O)[C@H](C2CCCCC2)OC(=O)C(C(C)O)N(C)C(=O)C(CC(C)C)NC(=O)C(C(C)C)N(C)C1=O. The number of nitrogens with zero attached hydrogens (tertiary/aromatic N) is 5. The van der Waals surface area contributed by atoms with E-state index in [1.165, 1.54) is 54.7 Å². The monoisotopic (exact) mass is 1100 g/mol. The van der Waals surface area contributed by atoms with Crippen LogP contribution in [0.4, 0.5) is 0 Å². The van der Waals surface area contributed by atoms with E-state index in [1.54, 1.807) is 46.8 Å². The summed E-state index contributed by atoms with van der Waals surface area (Å²) in [7, 11) is 5.73. The maximum absolute atomic E-state index is 15.2. The molecule has 1 saturated carbocycles. The molecule has 2 aromatic carbocycles. The van der Waals surface area contributed by atoms with Crippen molar-refractivity contribution in [1.29, 1.82) is 0 Å². The minimum Gasteiger partial charge on any atom is -0.450 e. The zero-order chi connectivity index (χ0) is 58.6. The number of hydrogen-bond donors (Lipinski definition) is 4. The molecule has 11 atom stereocenters. The number of cyclic esters (lactones) is 1. The standard InChI is InChI=1S/C60H90N8O11/c1-14-38(8)47-58(76)65(11)48(36(4)5)53(71)61-43(32-35(2)3)56(74)67(13)50(39(9)69)60(78)79-51(42-28-22-17-23-29-42)59(77)66(12)49(37(6)7)54(72)62-44(33-40-24-18-15-19-25-40)55(73)64(10)46(34-41-26-20-16-21-27-41)57(75)68-31-30-45(68)52(70)63-47/h15-16,18-21,24-27,35-39,42-51,69H,14,17,22-23,28-34H2,1-13H3,(H,61,71)(H,62,72)(H,63,70)/t38?,39?,43?,44?,45?,46?,47-,48?,49-,50?,51-/m0/s1. The van der Waals surface area contributed by atoms with Crippen LogP contribution in [-0.4, -0.2) is 178 Å². The summed E-state index contributed by atoms with van der Waals surface area (Å²) in [5.41, 5.74) is 1.43. The third kappa shape index (κ3) is 15.7. The van der Waals surface area contributed by atoms with Crippen LogP contribution in [0.1, 0.15) is 125 Å². The van der Waals surface area contributed by atoms with Gasteiger partial charge in [-0.1, -0.05) is 142 Å². The zero-order valence-corrected chi connectivity index (χ0v) is 49.0. The smallest absolute Gasteiger partial charge is 0.332 e. The summed E-state index contributed by atoms with van der Waals surface area (Å²) in [5.74, 6) is -8.24. The first-order valence-electron chi connectivity index (χ1n) is 28.6. The molecule has 436 valence electrons. The van der Waals surface area contributed by atoms with Gasteiger partial charge in [0.15, 0.2) is 12.1 Å². The third-order valence-corrected chi connectivity index (χ3v) is 16.3. The van der Waals surface area contributed by atoms with Crippen molar-refractivity contribution in [2.45, 2.75) is 187 Å². The van der Waals surface area contributed by atoms with Crippen LogP contribution in [0, 0.1) is 29.6 Å². The first-order chi connectivity index (χ1) is 37.3. The van der Waals surface area contributed by atoms with Crippen molar-refractivity contribution in [3.63, 3.8) is 0 Å². The molecule has 0 radical (unpaired) electrons. The molecule has 0 spiro atoms. The maximum Gasteiger partial charge on any atom is 0.332 e. The first kappa shape index (κ1) is 63.5. The van der Waals surface area contributed by atoms with Gasteiger partial charge in [0, 0.05) is 53.5 Å². The Hall–Kier alpha value is -6.37. The zero-order valence-electron chi connectivity index (χ0n) is 49.0. The molecule has 2 heterocycles. The van der Waals surface area contributed by atoms with Gasteiger partial charge in [0.25, 0.3) is 5.91 Å². The molecule has 5 rings (SSSR count). The molecule has 3 fully saturated rings. The topological polar surface area (TPSA) is 235 Å².